The van der Waals surface area contributed by atoms with Crippen molar-refractivity contribution in [1.29, 1.82) is 0 Å². The van der Waals surface area contributed by atoms with Crippen LogP contribution in [0.2, 0.25) is 0 Å². The molecule has 0 radical (unpaired) electrons. The summed E-state index contributed by atoms with van der Waals surface area (Å²) in [4.78, 5) is 0. The third kappa shape index (κ3) is 11.4. The van der Waals surface area contributed by atoms with Crippen LogP contribution >= 0.6 is 12.6 Å². The third-order valence-corrected chi connectivity index (χ3v) is 4.97. The zero-order valence-corrected chi connectivity index (χ0v) is 15.2. The van der Waals surface area contributed by atoms with Gasteiger partial charge in [-0.25, -0.2) is 0 Å². The van der Waals surface area contributed by atoms with Gasteiger partial charge in [0.05, 0.1) is 5.60 Å². The molecule has 0 aliphatic rings. The van der Waals surface area contributed by atoms with Crippen LogP contribution in [0.15, 0.2) is 0 Å². The van der Waals surface area contributed by atoms with Gasteiger partial charge in [0, 0.05) is 5.25 Å². The Labute approximate surface area is 117 Å². The first-order chi connectivity index (χ1) is 8.02. The van der Waals surface area contributed by atoms with E-state index >= 15 is 0 Å². The number of hydrogen-bond acceptors (Lipinski definition) is 2. The van der Waals surface area contributed by atoms with Crippen LogP contribution < -0.4 is 0 Å². The molecule has 0 bridgehead atoms. The summed E-state index contributed by atoms with van der Waals surface area (Å²) in [5, 5.41) is 0.509. The Balaban J connectivity index is 3.36. The zero-order chi connectivity index (χ0) is 13.1. The fourth-order valence-electron chi connectivity index (χ4n) is 2.09. The molecule has 0 fully saturated rings. The Hall–Kier alpha value is 0.527. The lowest BCUT2D eigenvalue weighted by molar-refractivity contribution is 0.111. The molecule has 1 nitrogen and oxygen atoms in total. The van der Waals surface area contributed by atoms with E-state index in [-0.39, 0.29) is 5.60 Å². The summed E-state index contributed by atoms with van der Waals surface area (Å²) in [6.45, 7) is 6.62. The first kappa shape index (κ1) is 17.5. The van der Waals surface area contributed by atoms with Crippen molar-refractivity contribution in [3.63, 3.8) is 0 Å². The summed E-state index contributed by atoms with van der Waals surface area (Å²) in [7, 11) is 0.826. The van der Waals surface area contributed by atoms with Crippen LogP contribution in [0.1, 0.15) is 78.6 Å². The highest BCUT2D eigenvalue weighted by atomic mass is 32.1. The Morgan fingerprint density at radius 1 is 1.06 bits per heavy atom. The SMILES string of the molecule is CCCCCCCCCC(S)CC(C)(C)O[SiH3]. The third-order valence-electron chi connectivity index (χ3n) is 3.42. The minimum atomic E-state index is 0.0414. The molecule has 1 unspecified atom stereocenters. The lowest BCUT2D eigenvalue weighted by atomic mass is 9.99. The average molecular weight is 277 g/mol. The van der Waals surface area contributed by atoms with Crippen molar-refractivity contribution in [2.24, 2.45) is 0 Å². The van der Waals surface area contributed by atoms with Gasteiger partial charge in [0.15, 0.2) is 0 Å². The molecule has 0 aromatic carbocycles. The van der Waals surface area contributed by atoms with Gasteiger partial charge in [0.1, 0.15) is 10.5 Å². The van der Waals surface area contributed by atoms with E-state index in [1.165, 1.54) is 51.4 Å². The molecule has 1 atom stereocenters. The van der Waals surface area contributed by atoms with Gasteiger partial charge in [-0.1, -0.05) is 51.9 Å². The van der Waals surface area contributed by atoms with E-state index in [1.807, 2.05) is 0 Å². The Bertz CT molecular complexity index is 174. The minimum Gasteiger partial charge on any atom is -0.423 e. The highest BCUT2D eigenvalue weighted by Crippen LogP contribution is 2.22. The van der Waals surface area contributed by atoms with E-state index in [2.05, 4.69) is 33.4 Å². The van der Waals surface area contributed by atoms with Crippen molar-refractivity contribution < 1.29 is 4.43 Å². The number of hydrogen-bond donors (Lipinski definition) is 1. The molecular formula is C14H32OSSi. The van der Waals surface area contributed by atoms with Crippen LogP contribution in [0.3, 0.4) is 0 Å². The van der Waals surface area contributed by atoms with Gasteiger partial charge >= 0.3 is 0 Å². The van der Waals surface area contributed by atoms with Crippen LogP contribution in [0.25, 0.3) is 0 Å². The molecule has 104 valence electrons. The van der Waals surface area contributed by atoms with Crippen LogP contribution in [0.4, 0.5) is 0 Å². The van der Waals surface area contributed by atoms with E-state index in [1.54, 1.807) is 0 Å². The second-order valence-electron chi connectivity index (χ2n) is 5.73. The van der Waals surface area contributed by atoms with Gasteiger partial charge in [-0.05, 0) is 26.7 Å². The van der Waals surface area contributed by atoms with Gasteiger partial charge in [0.2, 0.25) is 0 Å². The fourth-order valence-corrected chi connectivity index (χ4v) is 2.88. The molecule has 0 saturated carbocycles. The average Bonchev–Trinajstić information content (AvgIpc) is 2.27. The van der Waals surface area contributed by atoms with Crippen molar-refractivity contribution in [1.82, 2.24) is 0 Å². The molecule has 0 aliphatic heterocycles. The molecule has 0 aromatic heterocycles. The van der Waals surface area contributed by atoms with Gasteiger partial charge in [-0.15, -0.1) is 0 Å². The quantitative estimate of drug-likeness (QED) is 0.342. The molecular weight excluding hydrogens is 244 g/mol. The predicted octanol–water partition coefficient (Wildman–Crippen LogP) is 3.89. The van der Waals surface area contributed by atoms with Crippen LogP contribution in [0, 0.1) is 0 Å². The lowest BCUT2D eigenvalue weighted by Crippen LogP contribution is -2.27. The first-order valence-corrected chi connectivity index (χ1v) is 8.58. The molecule has 0 N–H and O–H groups in total. The molecule has 3 heteroatoms. The second-order valence-corrected chi connectivity index (χ2v) is 6.87. The monoisotopic (exact) mass is 276 g/mol. The Kier molecular flexibility index (Phi) is 10.8. The number of thiol groups is 1. The molecule has 17 heavy (non-hydrogen) atoms. The van der Waals surface area contributed by atoms with E-state index in [4.69, 9.17) is 4.43 Å². The molecule has 0 amide bonds. The van der Waals surface area contributed by atoms with Crippen LogP contribution in [-0.2, 0) is 4.43 Å². The van der Waals surface area contributed by atoms with Gasteiger partial charge in [-0.3, -0.25) is 0 Å². The van der Waals surface area contributed by atoms with Crippen LogP contribution in [0.5, 0.6) is 0 Å². The molecule has 0 aromatic rings. The standard InChI is InChI=1S/C14H32OSSi/c1-4-5-6-7-8-9-10-11-13(16)12-14(2,3)15-17/h13,16H,4-12H2,1-3,17H3. The van der Waals surface area contributed by atoms with E-state index in [0.717, 1.165) is 16.9 Å². The van der Waals surface area contributed by atoms with Gasteiger partial charge in [-0.2, -0.15) is 12.6 Å². The van der Waals surface area contributed by atoms with E-state index in [9.17, 15) is 0 Å². The fraction of sp³-hybridized carbons (Fsp3) is 1.00. The number of unbranched alkanes of at least 4 members (excludes halogenated alkanes) is 6. The van der Waals surface area contributed by atoms with Crippen molar-refractivity contribution in [2.75, 3.05) is 0 Å². The molecule has 0 rings (SSSR count). The minimum absolute atomic E-state index is 0.0414. The summed E-state index contributed by atoms with van der Waals surface area (Å²) in [5.41, 5.74) is 0.0414. The van der Waals surface area contributed by atoms with Crippen molar-refractivity contribution >= 4 is 23.1 Å². The molecule has 0 heterocycles. The summed E-state index contributed by atoms with van der Waals surface area (Å²) in [5.74, 6) is 0. The van der Waals surface area contributed by atoms with Crippen LogP contribution in [-0.4, -0.2) is 21.3 Å². The Morgan fingerprint density at radius 3 is 2.12 bits per heavy atom. The summed E-state index contributed by atoms with van der Waals surface area (Å²) in [6, 6.07) is 0. The molecule has 0 aliphatic carbocycles. The van der Waals surface area contributed by atoms with E-state index < -0.39 is 0 Å². The van der Waals surface area contributed by atoms with Gasteiger partial charge < -0.3 is 4.43 Å². The maximum Gasteiger partial charge on any atom is 0.146 e. The number of rotatable bonds is 11. The van der Waals surface area contributed by atoms with E-state index in [0.29, 0.717) is 5.25 Å². The smallest absolute Gasteiger partial charge is 0.146 e. The first-order valence-electron chi connectivity index (χ1n) is 7.25. The molecule has 0 saturated heterocycles. The summed E-state index contributed by atoms with van der Waals surface area (Å²) < 4.78 is 5.57. The zero-order valence-electron chi connectivity index (χ0n) is 12.3. The highest BCUT2D eigenvalue weighted by Gasteiger charge is 2.19. The second kappa shape index (κ2) is 10.4. The summed E-state index contributed by atoms with van der Waals surface area (Å²) >= 11 is 4.67. The largest absolute Gasteiger partial charge is 0.423 e. The van der Waals surface area contributed by atoms with Gasteiger partial charge in [0.25, 0.3) is 0 Å². The van der Waals surface area contributed by atoms with Crippen molar-refractivity contribution in [3.8, 4) is 0 Å². The van der Waals surface area contributed by atoms with Crippen molar-refractivity contribution in [2.45, 2.75) is 89.4 Å². The predicted molar refractivity (Wildman–Crippen MR) is 85.1 cm³/mol. The maximum absolute atomic E-state index is 5.57. The highest BCUT2D eigenvalue weighted by molar-refractivity contribution is 7.80. The van der Waals surface area contributed by atoms with Crippen molar-refractivity contribution in [3.05, 3.63) is 0 Å². The lowest BCUT2D eigenvalue weighted by Gasteiger charge is -2.26. The molecule has 0 spiro atoms. The Morgan fingerprint density at radius 2 is 1.59 bits per heavy atom. The summed E-state index contributed by atoms with van der Waals surface area (Å²) in [6.07, 6.45) is 12.0. The normalized spacial score (nSPS) is 14.1. The maximum atomic E-state index is 5.57. The topological polar surface area (TPSA) is 9.23 Å².